The summed E-state index contributed by atoms with van der Waals surface area (Å²) in [5.41, 5.74) is -0.521. The highest BCUT2D eigenvalue weighted by Crippen LogP contribution is 2.35. The maximum absolute atomic E-state index is 13.2. The Morgan fingerprint density at radius 2 is 2.00 bits per heavy atom. The fraction of sp³-hybridized carbons (Fsp3) is 0.333. The molecule has 2 amide bonds. The smallest absolute Gasteiger partial charge is 0.358 e. The van der Waals surface area contributed by atoms with E-state index in [2.05, 4.69) is 10.4 Å². The van der Waals surface area contributed by atoms with Crippen LogP contribution in [-0.2, 0) is 21.4 Å². The second kappa shape index (κ2) is 6.42. The van der Waals surface area contributed by atoms with Gasteiger partial charge in [-0.05, 0) is 26.0 Å². The number of benzene rings is 1. The minimum atomic E-state index is -1.81. The minimum absolute atomic E-state index is 0.103. The third kappa shape index (κ3) is 2.80. The predicted octanol–water partition coefficient (Wildman–Crippen LogP) is 1.27. The van der Waals surface area contributed by atoms with Gasteiger partial charge in [0.15, 0.2) is 5.69 Å². The molecule has 0 spiro atoms. The number of rotatable bonds is 3. The van der Waals surface area contributed by atoms with Gasteiger partial charge in [0, 0.05) is 14.1 Å². The van der Waals surface area contributed by atoms with Crippen LogP contribution in [-0.4, -0.2) is 47.3 Å². The minimum Gasteiger partial charge on any atom is -0.465 e. The van der Waals surface area contributed by atoms with Gasteiger partial charge in [-0.25, -0.2) is 4.79 Å². The van der Waals surface area contributed by atoms with Crippen molar-refractivity contribution in [3.05, 3.63) is 35.7 Å². The molecule has 0 bridgehead atoms. The number of anilines is 2. The van der Waals surface area contributed by atoms with Gasteiger partial charge >= 0.3 is 5.97 Å². The van der Waals surface area contributed by atoms with Crippen LogP contribution in [0.2, 0.25) is 0 Å². The molecule has 1 aliphatic rings. The monoisotopic (exact) mass is 372 g/mol. The first-order valence-electron chi connectivity index (χ1n) is 8.20. The van der Waals surface area contributed by atoms with Crippen LogP contribution in [0.5, 0.6) is 5.75 Å². The summed E-state index contributed by atoms with van der Waals surface area (Å²) in [6, 6.07) is 6.84. The molecular weight excluding hydrogens is 352 g/mol. The lowest BCUT2D eigenvalue weighted by Gasteiger charge is -2.35. The van der Waals surface area contributed by atoms with Crippen molar-refractivity contribution in [1.82, 2.24) is 9.78 Å². The SMILES string of the molecule is COC(=O)c1c(N(C)C(=O)[C@@]2(C)Oc3ccccc3NC2=O)c(C)nn1C. The molecule has 0 radical (unpaired) electrons. The first-order chi connectivity index (χ1) is 12.7. The topological polar surface area (TPSA) is 103 Å². The van der Waals surface area contributed by atoms with Crippen LogP contribution < -0.4 is 15.0 Å². The number of likely N-dealkylation sites (N-methyl/N-ethyl adjacent to an activating group) is 1. The van der Waals surface area contributed by atoms with Crippen LogP contribution in [0.15, 0.2) is 24.3 Å². The molecule has 9 nitrogen and oxygen atoms in total. The average Bonchev–Trinajstić information content (AvgIpc) is 2.94. The number of nitrogens with zero attached hydrogens (tertiary/aromatic N) is 3. The number of carbonyl (C=O) groups is 3. The number of esters is 1. The van der Waals surface area contributed by atoms with E-state index >= 15 is 0 Å². The summed E-state index contributed by atoms with van der Waals surface area (Å²) >= 11 is 0. The molecule has 2 heterocycles. The molecule has 3 rings (SSSR count). The van der Waals surface area contributed by atoms with Crippen molar-refractivity contribution in [2.75, 3.05) is 24.4 Å². The fourth-order valence-electron chi connectivity index (χ4n) is 3.10. The van der Waals surface area contributed by atoms with Crippen LogP contribution in [0.3, 0.4) is 0 Å². The fourth-order valence-corrected chi connectivity index (χ4v) is 3.10. The molecule has 1 aromatic heterocycles. The summed E-state index contributed by atoms with van der Waals surface area (Å²) in [4.78, 5) is 39.2. The van der Waals surface area contributed by atoms with E-state index in [1.54, 1.807) is 38.2 Å². The number of amides is 2. The number of aromatic nitrogens is 2. The van der Waals surface area contributed by atoms with E-state index < -0.39 is 23.4 Å². The first-order valence-corrected chi connectivity index (χ1v) is 8.20. The molecule has 9 heteroatoms. The summed E-state index contributed by atoms with van der Waals surface area (Å²) in [7, 11) is 4.27. The maximum atomic E-state index is 13.2. The largest absolute Gasteiger partial charge is 0.465 e. The van der Waals surface area contributed by atoms with Crippen LogP contribution in [0.25, 0.3) is 0 Å². The van der Waals surface area contributed by atoms with E-state index in [4.69, 9.17) is 9.47 Å². The molecule has 0 saturated carbocycles. The second-order valence-electron chi connectivity index (χ2n) is 6.35. The summed E-state index contributed by atoms with van der Waals surface area (Å²) in [5.74, 6) is -1.50. The average molecular weight is 372 g/mol. The summed E-state index contributed by atoms with van der Waals surface area (Å²) in [6.45, 7) is 3.05. The van der Waals surface area contributed by atoms with Crippen molar-refractivity contribution in [2.45, 2.75) is 19.4 Å². The number of hydrogen-bond acceptors (Lipinski definition) is 6. The van der Waals surface area contributed by atoms with Crippen molar-refractivity contribution in [1.29, 1.82) is 0 Å². The zero-order valence-corrected chi connectivity index (χ0v) is 15.7. The number of carbonyl (C=O) groups excluding carboxylic acids is 3. The Labute approximate surface area is 155 Å². The van der Waals surface area contributed by atoms with E-state index in [1.165, 1.54) is 30.7 Å². The van der Waals surface area contributed by atoms with Crippen molar-refractivity contribution in [2.24, 2.45) is 7.05 Å². The molecule has 27 heavy (non-hydrogen) atoms. The van der Waals surface area contributed by atoms with E-state index in [0.29, 0.717) is 17.1 Å². The highest BCUT2D eigenvalue weighted by atomic mass is 16.5. The molecule has 1 aliphatic heterocycles. The zero-order valence-electron chi connectivity index (χ0n) is 15.7. The van der Waals surface area contributed by atoms with Gasteiger partial charge in [0.2, 0.25) is 0 Å². The number of nitrogens with one attached hydrogen (secondary N) is 1. The van der Waals surface area contributed by atoms with E-state index in [1.807, 2.05) is 0 Å². The Hall–Kier alpha value is -3.36. The Kier molecular flexibility index (Phi) is 4.38. The summed E-state index contributed by atoms with van der Waals surface area (Å²) in [6.07, 6.45) is 0. The van der Waals surface area contributed by atoms with Gasteiger partial charge in [0.25, 0.3) is 17.4 Å². The van der Waals surface area contributed by atoms with Gasteiger partial charge in [-0.15, -0.1) is 0 Å². The van der Waals surface area contributed by atoms with E-state index in [0.717, 1.165) is 0 Å². The molecule has 0 unspecified atom stereocenters. The van der Waals surface area contributed by atoms with Gasteiger partial charge in [-0.3, -0.25) is 14.3 Å². The van der Waals surface area contributed by atoms with Crippen LogP contribution in [0.4, 0.5) is 11.4 Å². The highest BCUT2D eigenvalue weighted by molar-refractivity contribution is 6.20. The van der Waals surface area contributed by atoms with Gasteiger partial charge in [-0.1, -0.05) is 12.1 Å². The normalized spacial score (nSPS) is 18.2. The molecule has 1 atom stereocenters. The van der Waals surface area contributed by atoms with Crippen molar-refractivity contribution >= 4 is 29.2 Å². The maximum Gasteiger partial charge on any atom is 0.358 e. The third-order valence-electron chi connectivity index (χ3n) is 4.50. The molecular formula is C18H20N4O5. The number of para-hydroxylation sites is 2. The van der Waals surface area contributed by atoms with Crippen molar-refractivity contribution < 1.29 is 23.9 Å². The molecule has 0 saturated heterocycles. The number of fused-ring (bicyclic) bond motifs is 1. The number of ether oxygens (including phenoxy) is 2. The van der Waals surface area contributed by atoms with E-state index in [9.17, 15) is 14.4 Å². The summed E-state index contributed by atoms with van der Waals surface area (Å²) < 4.78 is 11.9. The highest BCUT2D eigenvalue weighted by Gasteiger charge is 2.49. The molecule has 142 valence electrons. The van der Waals surface area contributed by atoms with Gasteiger partial charge in [0.1, 0.15) is 5.75 Å². The molecule has 1 aromatic carbocycles. The lowest BCUT2D eigenvalue weighted by atomic mass is 10.0. The zero-order chi connectivity index (χ0) is 19.9. The van der Waals surface area contributed by atoms with Gasteiger partial charge in [-0.2, -0.15) is 5.10 Å². The molecule has 0 aliphatic carbocycles. The Balaban J connectivity index is 2.02. The molecule has 1 N–H and O–H groups in total. The standard InChI is InChI=1S/C18H20N4O5/c1-10-13(14(15(23)26-5)22(4)20-10)21(3)17(25)18(2)16(24)19-11-8-6-7-9-12(11)27-18/h6-9H,1-5H3,(H,19,24)/t18-/m0/s1. The Bertz CT molecular complexity index is 951. The van der Waals surface area contributed by atoms with Crippen molar-refractivity contribution in [3.8, 4) is 5.75 Å². The molecule has 2 aromatic rings. The summed E-state index contributed by atoms with van der Waals surface area (Å²) in [5, 5.41) is 6.87. The Morgan fingerprint density at radius 1 is 1.33 bits per heavy atom. The number of hydrogen-bond donors (Lipinski definition) is 1. The lowest BCUT2D eigenvalue weighted by molar-refractivity contribution is -0.144. The third-order valence-corrected chi connectivity index (χ3v) is 4.50. The van der Waals surface area contributed by atoms with Crippen LogP contribution >= 0.6 is 0 Å². The quantitative estimate of drug-likeness (QED) is 0.643. The first kappa shape index (κ1) is 18.4. The Morgan fingerprint density at radius 3 is 2.67 bits per heavy atom. The lowest BCUT2D eigenvalue weighted by Crippen LogP contribution is -2.59. The van der Waals surface area contributed by atoms with Crippen LogP contribution in [0, 0.1) is 6.92 Å². The molecule has 0 fully saturated rings. The van der Waals surface area contributed by atoms with Gasteiger partial charge in [0.05, 0.1) is 24.2 Å². The van der Waals surface area contributed by atoms with Gasteiger partial charge < -0.3 is 19.7 Å². The predicted molar refractivity (Wildman–Crippen MR) is 96.8 cm³/mol. The number of methoxy groups -OCH3 is 1. The van der Waals surface area contributed by atoms with Crippen molar-refractivity contribution in [3.63, 3.8) is 0 Å². The second-order valence-corrected chi connectivity index (χ2v) is 6.35. The van der Waals surface area contributed by atoms with E-state index in [-0.39, 0.29) is 11.4 Å². The number of aryl methyl sites for hydroxylation is 2. The van der Waals surface area contributed by atoms with Crippen LogP contribution in [0.1, 0.15) is 23.1 Å².